The van der Waals surface area contributed by atoms with E-state index in [-0.39, 0.29) is 23.3 Å². The lowest BCUT2D eigenvalue weighted by atomic mass is 10.2. The Balaban J connectivity index is 1.61. The molecule has 1 fully saturated rings. The fourth-order valence-electron chi connectivity index (χ4n) is 3.34. The van der Waals surface area contributed by atoms with Crippen molar-refractivity contribution < 1.29 is 17.6 Å². The van der Waals surface area contributed by atoms with Gasteiger partial charge < -0.3 is 9.80 Å². The maximum absolute atomic E-state index is 13.1. The summed E-state index contributed by atoms with van der Waals surface area (Å²) in [5.74, 6) is 1.07. The van der Waals surface area contributed by atoms with Gasteiger partial charge >= 0.3 is 0 Å². The van der Waals surface area contributed by atoms with Crippen molar-refractivity contribution in [1.29, 1.82) is 0 Å². The number of aryl methyl sites for hydroxylation is 1. The number of hydrogen-bond donors (Lipinski definition) is 0. The second-order valence-corrected chi connectivity index (χ2v) is 10.0. The summed E-state index contributed by atoms with van der Waals surface area (Å²) >= 11 is 0. The zero-order chi connectivity index (χ0) is 22.8. The first-order chi connectivity index (χ1) is 14.6. The lowest BCUT2D eigenvalue weighted by Crippen LogP contribution is -2.51. The zero-order valence-corrected chi connectivity index (χ0v) is 19.1. The average molecular weight is 450 g/mol. The Hall–Kier alpha value is -2.59. The van der Waals surface area contributed by atoms with E-state index in [2.05, 4.69) is 14.9 Å². The molecule has 2 heterocycles. The monoisotopic (exact) mass is 449 g/mol. The second kappa shape index (κ2) is 9.27. The largest absolute Gasteiger partial charge is 0.353 e. The number of hydrogen-bond acceptors (Lipinski definition) is 6. The van der Waals surface area contributed by atoms with Crippen LogP contribution in [0.25, 0.3) is 0 Å². The number of likely N-dealkylation sites (N-methyl/N-ethyl adjacent to an activating group) is 1. The number of amides is 1. The molecule has 0 aliphatic carbocycles. The lowest BCUT2D eigenvalue weighted by Gasteiger charge is -2.36. The molecule has 0 bridgehead atoms. The van der Waals surface area contributed by atoms with Crippen molar-refractivity contribution in [2.24, 2.45) is 0 Å². The Morgan fingerprint density at radius 2 is 1.74 bits per heavy atom. The van der Waals surface area contributed by atoms with E-state index in [1.807, 2.05) is 26.8 Å². The molecule has 1 amide bonds. The van der Waals surface area contributed by atoms with Crippen molar-refractivity contribution in [2.75, 3.05) is 44.7 Å². The maximum Gasteiger partial charge on any atom is 0.243 e. The molecule has 31 heavy (non-hydrogen) atoms. The highest BCUT2D eigenvalue weighted by atomic mass is 32.2. The number of halogens is 1. The molecule has 1 aliphatic rings. The molecule has 8 nitrogen and oxygen atoms in total. The van der Waals surface area contributed by atoms with Crippen LogP contribution in [0.15, 0.2) is 35.2 Å². The molecule has 1 aromatic heterocycles. The molecule has 0 unspecified atom stereocenters. The quantitative estimate of drug-likeness (QED) is 0.671. The van der Waals surface area contributed by atoms with Crippen molar-refractivity contribution in [2.45, 2.75) is 31.6 Å². The number of nitrogens with zero attached hydrogens (tertiary/aromatic N) is 5. The Morgan fingerprint density at radius 1 is 1.13 bits per heavy atom. The molecule has 1 saturated heterocycles. The van der Waals surface area contributed by atoms with E-state index in [1.165, 1.54) is 19.2 Å². The Bertz CT molecular complexity index is 1040. The van der Waals surface area contributed by atoms with Gasteiger partial charge in [-0.15, -0.1) is 0 Å². The Kier molecular flexibility index (Phi) is 6.90. The zero-order valence-electron chi connectivity index (χ0n) is 18.2. The number of piperazine rings is 1. The van der Waals surface area contributed by atoms with Gasteiger partial charge in [0.2, 0.25) is 15.9 Å². The van der Waals surface area contributed by atoms with E-state index in [1.54, 1.807) is 4.90 Å². The van der Waals surface area contributed by atoms with Crippen LogP contribution in [-0.2, 0) is 14.8 Å². The van der Waals surface area contributed by atoms with Crippen LogP contribution in [0.4, 0.5) is 10.2 Å². The van der Waals surface area contributed by atoms with Gasteiger partial charge in [0.25, 0.3) is 0 Å². The highest BCUT2D eigenvalue weighted by Gasteiger charge is 2.27. The number of aromatic nitrogens is 2. The number of anilines is 1. The molecule has 1 aliphatic heterocycles. The van der Waals surface area contributed by atoms with Gasteiger partial charge in [-0.1, -0.05) is 13.8 Å². The van der Waals surface area contributed by atoms with Gasteiger partial charge in [0, 0.05) is 50.9 Å². The highest BCUT2D eigenvalue weighted by molar-refractivity contribution is 7.89. The van der Waals surface area contributed by atoms with Crippen LogP contribution in [0.3, 0.4) is 0 Å². The summed E-state index contributed by atoms with van der Waals surface area (Å²) in [4.78, 5) is 25.5. The predicted octanol–water partition coefficient (Wildman–Crippen LogP) is 2.02. The number of sulfonamides is 1. The van der Waals surface area contributed by atoms with Crippen LogP contribution < -0.4 is 4.90 Å². The van der Waals surface area contributed by atoms with Crippen molar-refractivity contribution in [1.82, 2.24) is 19.2 Å². The molecule has 10 heteroatoms. The van der Waals surface area contributed by atoms with Gasteiger partial charge in [-0.3, -0.25) is 4.79 Å². The molecule has 0 saturated carbocycles. The first-order valence-electron chi connectivity index (χ1n) is 10.2. The first kappa shape index (κ1) is 23.1. The minimum atomic E-state index is -3.87. The highest BCUT2D eigenvalue weighted by Crippen LogP contribution is 2.19. The molecule has 2 aromatic rings. The van der Waals surface area contributed by atoms with E-state index in [0.29, 0.717) is 26.2 Å². The van der Waals surface area contributed by atoms with Crippen molar-refractivity contribution in [3.8, 4) is 0 Å². The predicted molar refractivity (Wildman–Crippen MR) is 116 cm³/mol. The maximum atomic E-state index is 13.1. The van der Waals surface area contributed by atoms with Crippen LogP contribution in [0.1, 0.15) is 31.3 Å². The average Bonchev–Trinajstić information content (AvgIpc) is 2.73. The minimum Gasteiger partial charge on any atom is -0.353 e. The number of benzene rings is 1. The van der Waals surface area contributed by atoms with Crippen LogP contribution in [0.5, 0.6) is 0 Å². The summed E-state index contributed by atoms with van der Waals surface area (Å²) in [6.45, 7) is 7.92. The van der Waals surface area contributed by atoms with E-state index in [0.717, 1.165) is 33.8 Å². The molecule has 3 rings (SSSR count). The van der Waals surface area contributed by atoms with Gasteiger partial charge in [0.05, 0.1) is 11.4 Å². The third-order valence-electron chi connectivity index (χ3n) is 5.21. The molecule has 0 spiro atoms. The van der Waals surface area contributed by atoms with E-state index >= 15 is 0 Å². The van der Waals surface area contributed by atoms with Crippen molar-refractivity contribution in [3.05, 3.63) is 47.7 Å². The van der Waals surface area contributed by atoms with E-state index in [4.69, 9.17) is 0 Å². The van der Waals surface area contributed by atoms with Crippen LogP contribution in [0.2, 0.25) is 0 Å². The van der Waals surface area contributed by atoms with Crippen molar-refractivity contribution in [3.63, 3.8) is 0 Å². The van der Waals surface area contributed by atoms with E-state index in [9.17, 15) is 17.6 Å². The third kappa shape index (κ3) is 5.37. The minimum absolute atomic E-state index is 0.0471. The molecule has 0 radical (unpaired) electrons. The van der Waals surface area contributed by atoms with Crippen molar-refractivity contribution >= 4 is 21.7 Å². The fraction of sp³-hybridized carbons (Fsp3) is 0.476. The van der Waals surface area contributed by atoms with Crippen LogP contribution in [-0.4, -0.2) is 73.3 Å². The topological polar surface area (TPSA) is 86.7 Å². The standard InChI is InChI=1S/C21H28FN5O3S/c1-15(2)21-23-16(3)13-19(24-21)26-9-11-27(12-10-26)20(28)14-25(4)31(29,30)18-7-5-17(22)6-8-18/h5-8,13,15H,9-12,14H2,1-4H3. The van der Waals surface area contributed by atoms with Gasteiger partial charge in [-0.2, -0.15) is 4.31 Å². The molecular weight excluding hydrogens is 421 g/mol. The van der Waals surface area contributed by atoms with Crippen LogP contribution >= 0.6 is 0 Å². The fourth-order valence-corrected chi connectivity index (χ4v) is 4.46. The summed E-state index contributed by atoms with van der Waals surface area (Å²) in [6, 6.07) is 6.49. The second-order valence-electron chi connectivity index (χ2n) is 7.96. The molecule has 0 N–H and O–H groups in total. The lowest BCUT2D eigenvalue weighted by molar-refractivity contribution is -0.131. The summed E-state index contributed by atoms with van der Waals surface area (Å²) < 4.78 is 39.3. The van der Waals surface area contributed by atoms with Gasteiger partial charge in [-0.25, -0.2) is 22.8 Å². The normalized spacial score (nSPS) is 15.1. The summed E-state index contributed by atoms with van der Waals surface area (Å²) in [5, 5.41) is 0. The van der Waals surface area contributed by atoms with E-state index < -0.39 is 15.8 Å². The molecule has 0 atom stereocenters. The molecule has 168 valence electrons. The van der Waals surface area contributed by atoms with Gasteiger partial charge in [-0.05, 0) is 31.2 Å². The van der Waals surface area contributed by atoms with Gasteiger partial charge in [0.15, 0.2) is 0 Å². The molecular formula is C21H28FN5O3S. The van der Waals surface area contributed by atoms with Crippen LogP contribution in [0, 0.1) is 12.7 Å². The SMILES string of the molecule is Cc1cc(N2CCN(C(=O)CN(C)S(=O)(=O)c3ccc(F)cc3)CC2)nc(C(C)C)n1. The first-order valence-corrected chi connectivity index (χ1v) is 11.6. The van der Waals surface area contributed by atoms with Gasteiger partial charge in [0.1, 0.15) is 17.5 Å². The summed E-state index contributed by atoms with van der Waals surface area (Å²) in [7, 11) is -2.52. The smallest absolute Gasteiger partial charge is 0.243 e. The molecule has 1 aromatic carbocycles. The third-order valence-corrected chi connectivity index (χ3v) is 7.03. The summed E-state index contributed by atoms with van der Waals surface area (Å²) in [6.07, 6.45) is 0. The Labute approximate surface area is 182 Å². The number of carbonyl (C=O) groups is 1. The number of carbonyl (C=O) groups excluding carboxylic acids is 1. The summed E-state index contributed by atoms with van der Waals surface area (Å²) in [5.41, 5.74) is 0.903. The Morgan fingerprint density at radius 3 is 2.32 bits per heavy atom. The number of rotatable bonds is 6.